The first-order valence-electron chi connectivity index (χ1n) is 4.83. The van der Waals surface area contributed by atoms with Gasteiger partial charge in [-0.25, -0.2) is 4.98 Å². The molecule has 0 amide bonds. The zero-order chi connectivity index (χ0) is 12.3. The first-order chi connectivity index (χ1) is 8.16. The summed E-state index contributed by atoms with van der Waals surface area (Å²) in [7, 11) is 0. The highest BCUT2D eigenvalue weighted by Gasteiger charge is 1.99. The normalized spacial score (nSPS) is 10.9. The molecule has 0 aliphatic rings. The quantitative estimate of drug-likeness (QED) is 0.365. The number of rotatable bonds is 2. The standard InChI is InChI=1S/C11H10ClN5/c12-10-9-2-1-7(6-16-17-11(13)14)5-8(9)3-4-15-10/h1-6H,(H4,13,14,17). The lowest BCUT2D eigenvalue weighted by atomic mass is 10.1. The molecule has 1 aromatic heterocycles. The van der Waals surface area contributed by atoms with E-state index in [0.29, 0.717) is 5.15 Å². The highest BCUT2D eigenvalue weighted by molar-refractivity contribution is 6.34. The second-order valence-electron chi connectivity index (χ2n) is 3.35. The van der Waals surface area contributed by atoms with E-state index in [1.54, 1.807) is 12.4 Å². The van der Waals surface area contributed by atoms with E-state index in [4.69, 9.17) is 23.1 Å². The Morgan fingerprint density at radius 2 is 2.12 bits per heavy atom. The van der Waals surface area contributed by atoms with Gasteiger partial charge in [-0.15, -0.1) is 5.10 Å². The number of guanidine groups is 1. The Bertz CT molecular complexity index is 602. The summed E-state index contributed by atoms with van der Waals surface area (Å²) in [6.07, 6.45) is 3.22. The van der Waals surface area contributed by atoms with Crippen LogP contribution in [0.2, 0.25) is 5.15 Å². The van der Waals surface area contributed by atoms with Crippen LogP contribution < -0.4 is 11.5 Å². The number of aromatic nitrogens is 1. The van der Waals surface area contributed by atoms with E-state index in [0.717, 1.165) is 16.3 Å². The van der Waals surface area contributed by atoms with Crippen LogP contribution in [0.1, 0.15) is 5.56 Å². The number of pyridine rings is 1. The fourth-order valence-corrected chi connectivity index (χ4v) is 1.63. The van der Waals surface area contributed by atoms with Crippen LogP contribution in [0.3, 0.4) is 0 Å². The molecule has 0 aliphatic carbocycles. The van der Waals surface area contributed by atoms with E-state index in [1.165, 1.54) is 0 Å². The van der Waals surface area contributed by atoms with Gasteiger partial charge < -0.3 is 11.5 Å². The highest BCUT2D eigenvalue weighted by atomic mass is 35.5. The summed E-state index contributed by atoms with van der Waals surface area (Å²) in [5.41, 5.74) is 11.2. The van der Waals surface area contributed by atoms with E-state index in [2.05, 4.69) is 15.2 Å². The van der Waals surface area contributed by atoms with Gasteiger partial charge in [-0.1, -0.05) is 23.7 Å². The molecule has 6 heteroatoms. The molecular formula is C11H10ClN5. The monoisotopic (exact) mass is 247 g/mol. The molecule has 5 nitrogen and oxygen atoms in total. The molecule has 0 saturated heterocycles. The Morgan fingerprint density at radius 3 is 2.88 bits per heavy atom. The molecule has 86 valence electrons. The Hall–Kier alpha value is -2.14. The van der Waals surface area contributed by atoms with Crippen LogP contribution in [0.15, 0.2) is 40.7 Å². The van der Waals surface area contributed by atoms with E-state index in [1.807, 2.05) is 24.3 Å². The number of hydrogen-bond acceptors (Lipinski definition) is 3. The van der Waals surface area contributed by atoms with Crippen LogP contribution >= 0.6 is 11.6 Å². The molecule has 0 bridgehead atoms. The smallest absolute Gasteiger partial charge is 0.211 e. The third-order valence-electron chi connectivity index (χ3n) is 2.12. The molecule has 0 aliphatic heterocycles. The van der Waals surface area contributed by atoms with Crippen molar-refractivity contribution in [3.8, 4) is 0 Å². The van der Waals surface area contributed by atoms with Crippen molar-refractivity contribution in [2.45, 2.75) is 0 Å². The summed E-state index contributed by atoms with van der Waals surface area (Å²) in [6, 6.07) is 7.54. The largest absolute Gasteiger partial charge is 0.369 e. The van der Waals surface area contributed by atoms with Gasteiger partial charge in [0.2, 0.25) is 5.96 Å². The molecule has 0 radical (unpaired) electrons. The lowest BCUT2D eigenvalue weighted by molar-refractivity contribution is 1.21. The topological polar surface area (TPSA) is 89.7 Å². The van der Waals surface area contributed by atoms with Gasteiger partial charge in [0.15, 0.2) is 0 Å². The number of benzene rings is 1. The van der Waals surface area contributed by atoms with Crippen molar-refractivity contribution in [2.75, 3.05) is 0 Å². The minimum absolute atomic E-state index is 0.0747. The van der Waals surface area contributed by atoms with Crippen LogP contribution in [0.4, 0.5) is 0 Å². The minimum atomic E-state index is -0.0747. The molecule has 0 atom stereocenters. The molecule has 0 saturated carbocycles. The summed E-state index contributed by atoms with van der Waals surface area (Å²) < 4.78 is 0. The van der Waals surface area contributed by atoms with Gasteiger partial charge in [0.1, 0.15) is 5.15 Å². The average molecular weight is 248 g/mol. The van der Waals surface area contributed by atoms with Crippen LogP contribution in [0.5, 0.6) is 0 Å². The van der Waals surface area contributed by atoms with E-state index >= 15 is 0 Å². The molecule has 2 aromatic rings. The first-order valence-corrected chi connectivity index (χ1v) is 5.21. The number of nitrogens with two attached hydrogens (primary N) is 2. The van der Waals surface area contributed by atoms with Crippen LogP contribution in [0, 0.1) is 0 Å². The zero-order valence-corrected chi connectivity index (χ0v) is 9.59. The second kappa shape index (κ2) is 4.80. The Kier molecular flexibility index (Phi) is 3.20. The molecule has 0 unspecified atom stereocenters. The third-order valence-corrected chi connectivity index (χ3v) is 2.42. The van der Waals surface area contributed by atoms with Crippen molar-refractivity contribution in [3.63, 3.8) is 0 Å². The Balaban J connectivity index is 2.39. The molecule has 2 rings (SSSR count). The maximum Gasteiger partial charge on any atom is 0.211 e. The van der Waals surface area contributed by atoms with Gasteiger partial charge >= 0.3 is 0 Å². The predicted octanol–water partition coefficient (Wildman–Crippen LogP) is 1.50. The summed E-state index contributed by atoms with van der Waals surface area (Å²) in [5.74, 6) is -0.0747. The SMILES string of the molecule is NC(N)=NN=Cc1ccc2c(Cl)nccc2c1. The minimum Gasteiger partial charge on any atom is -0.369 e. The van der Waals surface area contributed by atoms with Gasteiger partial charge in [0.05, 0.1) is 6.21 Å². The van der Waals surface area contributed by atoms with E-state index < -0.39 is 0 Å². The fraction of sp³-hybridized carbons (Fsp3) is 0. The molecule has 0 fully saturated rings. The molecule has 1 heterocycles. The van der Waals surface area contributed by atoms with Crippen LogP contribution in [-0.4, -0.2) is 17.2 Å². The molecule has 17 heavy (non-hydrogen) atoms. The van der Waals surface area contributed by atoms with Gasteiger partial charge in [-0.05, 0) is 23.1 Å². The predicted molar refractivity (Wildman–Crippen MR) is 70.2 cm³/mol. The van der Waals surface area contributed by atoms with Crippen molar-refractivity contribution >= 4 is 34.5 Å². The van der Waals surface area contributed by atoms with E-state index in [-0.39, 0.29) is 5.96 Å². The first kappa shape index (κ1) is 11.3. The number of hydrogen-bond donors (Lipinski definition) is 2. The molecule has 4 N–H and O–H groups in total. The van der Waals surface area contributed by atoms with Gasteiger partial charge in [-0.2, -0.15) is 5.10 Å². The Labute approximate surface area is 103 Å². The molecular weight excluding hydrogens is 238 g/mol. The number of halogens is 1. The lowest BCUT2D eigenvalue weighted by Gasteiger charge is -2.00. The third kappa shape index (κ3) is 2.70. The van der Waals surface area contributed by atoms with Crippen molar-refractivity contribution in [2.24, 2.45) is 21.7 Å². The molecule has 1 aromatic carbocycles. The van der Waals surface area contributed by atoms with Gasteiger partial charge in [0.25, 0.3) is 0 Å². The fourth-order valence-electron chi connectivity index (χ4n) is 1.40. The summed E-state index contributed by atoms with van der Waals surface area (Å²) in [4.78, 5) is 4.00. The lowest BCUT2D eigenvalue weighted by Crippen LogP contribution is -2.21. The van der Waals surface area contributed by atoms with Crippen molar-refractivity contribution < 1.29 is 0 Å². The zero-order valence-electron chi connectivity index (χ0n) is 8.84. The molecule has 0 spiro atoms. The maximum absolute atomic E-state index is 5.96. The highest BCUT2D eigenvalue weighted by Crippen LogP contribution is 2.21. The summed E-state index contributed by atoms with van der Waals surface area (Å²) >= 11 is 5.96. The summed E-state index contributed by atoms with van der Waals surface area (Å²) in [5, 5.41) is 9.62. The van der Waals surface area contributed by atoms with Crippen molar-refractivity contribution in [3.05, 3.63) is 41.2 Å². The van der Waals surface area contributed by atoms with E-state index in [9.17, 15) is 0 Å². The van der Waals surface area contributed by atoms with Crippen molar-refractivity contribution in [1.29, 1.82) is 0 Å². The average Bonchev–Trinajstić information content (AvgIpc) is 2.29. The number of fused-ring (bicyclic) bond motifs is 1. The van der Waals surface area contributed by atoms with Crippen LogP contribution in [-0.2, 0) is 0 Å². The Morgan fingerprint density at radius 1 is 1.29 bits per heavy atom. The maximum atomic E-state index is 5.96. The second-order valence-corrected chi connectivity index (χ2v) is 3.71. The van der Waals surface area contributed by atoms with Gasteiger partial charge in [-0.3, -0.25) is 0 Å². The van der Waals surface area contributed by atoms with Gasteiger partial charge in [0, 0.05) is 11.6 Å². The van der Waals surface area contributed by atoms with Crippen LogP contribution in [0.25, 0.3) is 10.8 Å². The van der Waals surface area contributed by atoms with Crippen molar-refractivity contribution in [1.82, 2.24) is 4.98 Å². The number of nitrogens with zero attached hydrogens (tertiary/aromatic N) is 3. The summed E-state index contributed by atoms with van der Waals surface area (Å²) in [6.45, 7) is 0.